The molecule has 264 valence electrons. The fraction of sp³-hybridized carbons (Fsp3) is 0.0182. The van der Waals surface area contributed by atoms with Crippen molar-refractivity contribution in [1.29, 1.82) is 0 Å². The molecule has 10 rings (SSSR count). The first-order valence-electron chi connectivity index (χ1n) is 21.0. The molecule has 9 aromatic rings. The Morgan fingerprint density at radius 2 is 0.804 bits per heavy atom. The number of benzene rings is 9. The van der Waals surface area contributed by atoms with Gasteiger partial charge in [-0.25, -0.2) is 0 Å². The maximum atomic E-state index is 9.72. The van der Waals surface area contributed by atoms with Crippen LogP contribution in [-0.4, -0.2) is 0 Å². The van der Waals surface area contributed by atoms with Gasteiger partial charge in [0.15, 0.2) is 0 Å². The van der Waals surface area contributed by atoms with Crippen molar-refractivity contribution in [1.82, 2.24) is 0 Å². The van der Waals surface area contributed by atoms with Gasteiger partial charge in [0.1, 0.15) is 0 Å². The minimum atomic E-state index is -0.659. The summed E-state index contributed by atoms with van der Waals surface area (Å²) in [6, 6.07) is 71.7. The maximum absolute atomic E-state index is 9.72. The van der Waals surface area contributed by atoms with Gasteiger partial charge in [0.05, 0.1) is 10.9 Å². The van der Waals surface area contributed by atoms with E-state index >= 15 is 0 Å². The maximum Gasteiger partial charge on any atom is 0.0714 e. The summed E-state index contributed by atoms with van der Waals surface area (Å²) in [5.74, 6) is 0. The number of fused-ring (bicyclic) bond motifs is 3. The summed E-state index contributed by atoms with van der Waals surface area (Å²) < 4.78 is 38.6. The lowest BCUT2D eigenvalue weighted by Gasteiger charge is -2.35. The van der Waals surface area contributed by atoms with Crippen LogP contribution in [0.5, 0.6) is 0 Å². The Morgan fingerprint density at radius 3 is 1.43 bits per heavy atom. The van der Waals surface area contributed by atoms with Gasteiger partial charge in [0.2, 0.25) is 0 Å². The van der Waals surface area contributed by atoms with Crippen LogP contribution in [0.15, 0.2) is 236 Å². The van der Waals surface area contributed by atoms with Crippen molar-refractivity contribution in [2.75, 3.05) is 4.90 Å². The highest BCUT2D eigenvalue weighted by atomic mass is 15.1. The average Bonchev–Trinajstić information content (AvgIpc) is 3.61. The van der Waals surface area contributed by atoms with E-state index in [0.717, 1.165) is 61.4 Å². The molecule has 1 heteroatoms. The number of para-hydroxylation sites is 1. The van der Waals surface area contributed by atoms with Crippen LogP contribution in [0.2, 0.25) is 0 Å². The second-order valence-electron chi connectivity index (χ2n) is 14.1. The monoisotopic (exact) mass is 717 g/mol. The number of anilines is 3. The molecular formula is C55H39N. The van der Waals surface area contributed by atoms with Crippen molar-refractivity contribution < 1.29 is 5.48 Å². The lowest BCUT2D eigenvalue weighted by atomic mass is 9.67. The van der Waals surface area contributed by atoms with Crippen LogP contribution < -0.4 is 4.90 Å². The van der Waals surface area contributed by atoms with E-state index < -0.39 is 5.41 Å². The zero-order valence-corrected chi connectivity index (χ0v) is 30.7. The molecule has 1 nitrogen and oxygen atoms in total. The highest BCUT2D eigenvalue weighted by molar-refractivity contribution is 5.90. The normalized spacial score (nSPS) is 13.4. The van der Waals surface area contributed by atoms with E-state index in [1.54, 1.807) is 0 Å². The predicted molar refractivity (Wildman–Crippen MR) is 235 cm³/mol. The molecule has 1 aliphatic rings. The summed E-state index contributed by atoms with van der Waals surface area (Å²) in [7, 11) is 0. The fourth-order valence-corrected chi connectivity index (χ4v) is 8.54. The summed E-state index contributed by atoms with van der Waals surface area (Å²) in [6.07, 6.45) is 0. The van der Waals surface area contributed by atoms with Gasteiger partial charge >= 0.3 is 0 Å². The molecule has 0 unspecified atom stereocenters. The van der Waals surface area contributed by atoms with E-state index in [9.17, 15) is 5.48 Å². The summed E-state index contributed by atoms with van der Waals surface area (Å²) >= 11 is 0. The lowest BCUT2D eigenvalue weighted by Crippen LogP contribution is -2.28. The minimum absolute atomic E-state index is 0.102. The van der Waals surface area contributed by atoms with Gasteiger partial charge in [-0.05, 0) is 109 Å². The van der Waals surface area contributed by atoms with E-state index in [1.165, 1.54) is 5.56 Å². The first-order valence-corrected chi connectivity index (χ1v) is 19.0. The van der Waals surface area contributed by atoms with E-state index in [1.807, 2.05) is 108 Å². The molecule has 0 amide bonds. The first-order chi connectivity index (χ1) is 29.5. The van der Waals surface area contributed by atoms with E-state index in [2.05, 4.69) is 109 Å². The number of hydrogen-bond donors (Lipinski definition) is 0. The molecule has 0 spiro atoms. The molecular weight excluding hydrogens is 675 g/mol. The van der Waals surface area contributed by atoms with E-state index in [-0.39, 0.29) is 35.4 Å². The van der Waals surface area contributed by atoms with Gasteiger partial charge in [-0.1, -0.05) is 194 Å². The molecule has 0 saturated heterocycles. The topological polar surface area (TPSA) is 3.24 Å². The minimum Gasteiger partial charge on any atom is -0.310 e. The van der Waals surface area contributed by atoms with E-state index in [4.69, 9.17) is 0 Å². The van der Waals surface area contributed by atoms with Gasteiger partial charge in [0, 0.05) is 17.1 Å². The summed E-state index contributed by atoms with van der Waals surface area (Å²) in [4.78, 5) is 1.89. The fourth-order valence-electron chi connectivity index (χ4n) is 8.54. The average molecular weight is 718 g/mol. The van der Waals surface area contributed by atoms with Crippen molar-refractivity contribution >= 4 is 17.1 Å². The molecule has 0 atom stereocenters. The molecule has 0 radical (unpaired) electrons. The second-order valence-corrected chi connectivity index (χ2v) is 14.1. The van der Waals surface area contributed by atoms with Crippen molar-refractivity contribution in [2.24, 2.45) is 0 Å². The van der Waals surface area contributed by atoms with Crippen LogP contribution in [0, 0.1) is 0 Å². The van der Waals surface area contributed by atoms with Gasteiger partial charge in [0.25, 0.3) is 0 Å². The van der Waals surface area contributed by atoms with Gasteiger partial charge < -0.3 is 4.90 Å². The van der Waals surface area contributed by atoms with Gasteiger partial charge in [-0.15, -0.1) is 0 Å². The highest BCUT2D eigenvalue weighted by Crippen LogP contribution is 2.57. The van der Waals surface area contributed by atoms with E-state index in [0.29, 0.717) is 5.56 Å². The zero-order chi connectivity index (χ0) is 40.8. The smallest absolute Gasteiger partial charge is 0.0714 e. The molecule has 0 saturated carbocycles. The number of nitrogens with zero attached hydrogens (tertiary/aromatic N) is 1. The Bertz CT molecular complexity index is 2940. The Labute approximate surface area is 335 Å². The van der Waals surface area contributed by atoms with Gasteiger partial charge in [-0.2, -0.15) is 0 Å². The van der Waals surface area contributed by atoms with Crippen LogP contribution in [0.4, 0.5) is 17.1 Å². The Kier molecular flexibility index (Phi) is 7.40. The van der Waals surface area contributed by atoms with Crippen molar-refractivity contribution in [3.63, 3.8) is 0 Å². The van der Waals surface area contributed by atoms with Crippen LogP contribution in [-0.2, 0) is 5.41 Å². The van der Waals surface area contributed by atoms with Crippen LogP contribution >= 0.6 is 0 Å². The molecule has 0 fully saturated rings. The third-order valence-corrected chi connectivity index (χ3v) is 11.0. The summed E-state index contributed by atoms with van der Waals surface area (Å²) in [5, 5.41) is 0. The van der Waals surface area contributed by atoms with Gasteiger partial charge in [-0.3, -0.25) is 0 Å². The largest absolute Gasteiger partial charge is 0.310 e. The Morgan fingerprint density at radius 1 is 0.304 bits per heavy atom. The van der Waals surface area contributed by atoms with Crippen LogP contribution in [0.3, 0.4) is 0 Å². The van der Waals surface area contributed by atoms with Crippen molar-refractivity contribution in [3.8, 4) is 44.5 Å². The first kappa shape index (κ1) is 29.2. The standard InChI is InChI=1S/C55H39N/c1-6-18-41(19-7-1)49-36-32-43(38-52(49)42-20-8-2-9-21-42)40-30-33-47(34-31-40)56(46-26-14-5-15-27-46)48-35-37-51-50-28-16-17-29-53(50)55(54(51)39-48,44-22-10-3-11-23-44)45-24-12-4-13-25-45/h1-39H/i30D,31D,33D,34D. The number of hydrogen-bond acceptors (Lipinski definition) is 1. The third kappa shape index (κ3) is 5.65. The SMILES string of the molecule is [2H]c1c([2H])c(N(c2ccccc2)c2ccc3c(c2)C(c2ccccc2)(c2ccccc2)c2ccccc2-3)c([2H])c([2H])c1-c1ccc(-c2ccccc2)c(-c2ccccc2)c1. The van der Waals surface area contributed by atoms with Crippen LogP contribution in [0.25, 0.3) is 44.5 Å². The lowest BCUT2D eigenvalue weighted by molar-refractivity contribution is 0.768. The zero-order valence-electron chi connectivity index (χ0n) is 34.7. The third-order valence-electron chi connectivity index (χ3n) is 11.0. The molecule has 0 aliphatic heterocycles. The summed E-state index contributed by atoms with van der Waals surface area (Å²) in [5.41, 5.74) is 12.7. The predicted octanol–water partition coefficient (Wildman–Crippen LogP) is 14.5. The molecule has 56 heavy (non-hydrogen) atoms. The highest BCUT2D eigenvalue weighted by Gasteiger charge is 2.46. The molecule has 0 bridgehead atoms. The van der Waals surface area contributed by atoms with Crippen LogP contribution in [0.1, 0.15) is 27.7 Å². The Balaban J connectivity index is 1.19. The summed E-state index contributed by atoms with van der Waals surface area (Å²) in [6.45, 7) is 0. The molecule has 1 aliphatic carbocycles. The van der Waals surface area contributed by atoms with Crippen molar-refractivity contribution in [3.05, 3.63) is 259 Å². The molecule has 0 N–H and O–H groups in total. The quantitative estimate of drug-likeness (QED) is 0.151. The Hall–Kier alpha value is -7.22. The molecule has 0 heterocycles. The molecule has 0 aromatic heterocycles. The molecule has 9 aromatic carbocycles. The second kappa shape index (κ2) is 14.2. The number of rotatable bonds is 8. The van der Waals surface area contributed by atoms with Crippen molar-refractivity contribution in [2.45, 2.75) is 5.41 Å².